The Hall–Kier alpha value is -1.11. The summed E-state index contributed by atoms with van der Waals surface area (Å²) >= 11 is 0. The molecular weight excluding hydrogens is 124 g/mol. The molecule has 0 aromatic rings. The van der Waals surface area contributed by atoms with Crippen molar-refractivity contribution in [2.24, 2.45) is 0 Å². The predicted octanol–water partition coefficient (Wildman–Crippen LogP) is 2.26. The van der Waals surface area contributed by atoms with Crippen LogP contribution in [-0.4, -0.2) is 5.78 Å². The summed E-state index contributed by atoms with van der Waals surface area (Å²) in [5.41, 5.74) is 0. The third-order valence-electron chi connectivity index (χ3n) is 0.900. The summed E-state index contributed by atoms with van der Waals surface area (Å²) in [5.74, 6) is 0.184. The lowest BCUT2D eigenvalue weighted by Crippen LogP contribution is -1.82. The zero-order valence-corrected chi connectivity index (χ0v) is 6.21. The summed E-state index contributed by atoms with van der Waals surface area (Å²) < 4.78 is 0. The van der Waals surface area contributed by atoms with Crippen molar-refractivity contribution >= 4 is 5.78 Å². The predicted molar refractivity (Wildman–Crippen MR) is 43.8 cm³/mol. The van der Waals surface area contributed by atoms with Gasteiger partial charge in [-0.3, -0.25) is 4.79 Å². The van der Waals surface area contributed by atoms with Crippen LogP contribution in [0.2, 0.25) is 0 Å². The van der Waals surface area contributed by atoms with Gasteiger partial charge in [0, 0.05) is 6.42 Å². The van der Waals surface area contributed by atoms with Gasteiger partial charge in [-0.25, -0.2) is 0 Å². The number of Topliss-reactive ketones (excluding diaryl/α,β-unsaturated/α-hetero) is 1. The maximum atomic E-state index is 10.4. The number of carbonyl (C=O) groups is 1. The van der Waals surface area contributed by atoms with Gasteiger partial charge in [0.2, 0.25) is 0 Å². The van der Waals surface area contributed by atoms with E-state index in [9.17, 15) is 4.79 Å². The quantitative estimate of drug-likeness (QED) is 0.542. The van der Waals surface area contributed by atoms with Crippen molar-refractivity contribution in [1.82, 2.24) is 0 Å². The van der Waals surface area contributed by atoms with Crippen LogP contribution in [0.5, 0.6) is 0 Å². The van der Waals surface area contributed by atoms with E-state index in [2.05, 4.69) is 6.58 Å². The highest BCUT2D eigenvalue weighted by Crippen LogP contribution is 1.85. The van der Waals surface area contributed by atoms with Crippen molar-refractivity contribution in [2.75, 3.05) is 0 Å². The van der Waals surface area contributed by atoms with Crippen LogP contribution in [0, 0.1) is 0 Å². The zero-order valence-electron chi connectivity index (χ0n) is 6.21. The second-order valence-electron chi connectivity index (χ2n) is 1.95. The molecule has 0 radical (unpaired) electrons. The van der Waals surface area contributed by atoms with E-state index in [1.807, 2.05) is 24.3 Å². The van der Waals surface area contributed by atoms with Crippen molar-refractivity contribution in [1.29, 1.82) is 0 Å². The molecule has 0 spiro atoms. The smallest absolute Gasteiger partial charge is 0.133 e. The SMILES string of the molecule is C=C/C=C/C=C/CC(C)=O. The van der Waals surface area contributed by atoms with Gasteiger partial charge in [0.25, 0.3) is 0 Å². The Morgan fingerprint density at radius 1 is 1.40 bits per heavy atom. The average molecular weight is 136 g/mol. The highest BCUT2D eigenvalue weighted by Gasteiger charge is 1.82. The van der Waals surface area contributed by atoms with Crippen molar-refractivity contribution in [2.45, 2.75) is 13.3 Å². The van der Waals surface area contributed by atoms with E-state index >= 15 is 0 Å². The summed E-state index contributed by atoms with van der Waals surface area (Å²) in [4.78, 5) is 10.4. The van der Waals surface area contributed by atoms with Crippen LogP contribution in [0.3, 0.4) is 0 Å². The molecule has 0 atom stereocenters. The van der Waals surface area contributed by atoms with Gasteiger partial charge < -0.3 is 0 Å². The molecule has 0 saturated carbocycles. The number of ketones is 1. The first-order valence-corrected chi connectivity index (χ1v) is 3.21. The Labute approximate surface area is 61.8 Å². The molecule has 1 nitrogen and oxygen atoms in total. The molecule has 0 aliphatic rings. The molecule has 0 bridgehead atoms. The van der Waals surface area contributed by atoms with E-state index in [-0.39, 0.29) is 5.78 Å². The zero-order chi connectivity index (χ0) is 7.82. The molecule has 0 N–H and O–H groups in total. The van der Waals surface area contributed by atoms with Crippen molar-refractivity contribution < 1.29 is 4.79 Å². The molecule has 0 aliphatic carbocycles. The van der Waals surface area contributed by atoms with Gasteiger partial charge in [0.1, 0.15) is 5.78 Å². The molecule has 54 valence electrons. The van der Waals surface area contributed by atoms with Gasteiger partial charge in [-0.2, -0.15) is 0 Å². The maximum Gasteiger partial charge on any atom is 0.133 e. The first kappa shape index (κ1) is 8.89. The maximum absolute atomic E-state index is 10.4. The molecule has 0 rings (SSSR count). The lowest BCUT2D eigenvalue weighted by molar-refractivity contribution is -0.116. The first-order valence-electron chi connectivity index (χ1n) is 3.21. The first-order chi connectivity index (χ1) is 4.77. The van der Waals surface area contributed by atoms with Crippen LogP contribution < -0.4 is 0 Å². The Morgan fingerprint density at radius 2 is 2.10 bits per heavy atom. The van der Waals surface area contributed by atoms with E-state index in [1.165, 1.54) is 0 Å². The molecule has 0 saturated heterocycles. The molecule has 0 heterocycles. The van der Waals surface area contributed by atoms with Gasteiger partial charge in [0.05, 0.1) is 0 Å². The fourth-order valence-electron chi connectivity index (χ4n) is 0.455. The largest absolute Gasteiger partial charge is 0.300 e. The molecule has 0 amide bonds. The van der Waals surface area contributed by atoms with E-state index in [1.54, 1.807) is 13.0 Å². The summed E-state index contributed by atoms with van der Waals surface area (Å²) in [6.07, 6.45) is 9.53. The van der Waals surface area contributed by atoms with Crippen LogP contribution in [0.15, 0.2) is 37.0 Å². The van der Waals surface area contributed by atoms with E-state index < -0.39 is 0 Å². The second kappa shape index (κ2) is 6.02. The fraction of sp³-hybridized carbons (Fsp3) is 0.222. The van der Waals surface area contributed by atoms with Gasteiger partial charge >= 0.3 is 0 Å². The van der Waals surface area contributed by atoms with Gasteiger partial charge in [-0.15, -0.1) is 0 Å². The van der Waals surface area contributed by atoms with Crippen molar-refractivity contribution in [3.05, 3.63) is 37.0 Å². The summed E-state index contributed by atoms with van der Waals surface area (Å²) in [7, 11) is 0. The van der Waals surface area contributed by atoms with Crippen LogP contribution >= 0.6 is 0 Å². The summed E-state index contributed by atoms with van der Waals surface area (Å²) in [6, 6.07) is 0. The third kappa shape index (κ3) is 6.89. The summed E-state index contributed by atoms with van der Waals surface area (Å²) in [6.45, 7) is 5.08. The van der Waals surface area contributed by atoms with Crippen LogP contribution in [0.4, 0.5) is 0 Å². The Bertz CT molecular complexity index is 164. The minimum absolute atomic E-state index is 0.184. The number of hydrogen-bond donors (Lipinski definition) is 0. The van der Waals surface area contributed by atoms with Gasteiger partial charge in [-0.1, -0.05) is 37.0 Å². The van der Waals surface area contributed by atoms with E-state index in [0.717, 1.165) is 0 Å². The average Bonchev–Trinajstić information content (AvgIpc) is 1.87. The molecule has 0 aromatic heterocycles. The number of allylic oxidation sites excluding steroid dienone is 5. The third-order valence-corrected chi connectivity index (χ3v) is 0.900. The van der Waals surface area contributed by atoms with Crippen LogP contribution in [-0.2, 0) is 4.79 Å². The lowest BCUT2D eigenvalue weighted by Gasteiger charge is -1.79. The highest BCUT2D eigenvalue weighted by molar-refractivity contribution is 5.76. The number of hydrogen-bond acceptors (Lipinski definition) is 1. The minimum Gasteiger partial charge on any atom is -0.300 e. The summed E-state index contributed by atoms with van der Waals surface area (Å²) in [5, 5.41) is 0. The van der Waals surface area contributed by atoms with Crippen molar-refractivity contribution in [3.8, 4) is 0 Å². The molecular formula is C9H12O. The van der Waals surface area contributed by atoms with Crippen LogP contribution in [0.1, 0.15) is 13.3 Å². The fourth-order valence-corrected chi connectivity index (χ4v) is 0.455. The molecule has 10 heavy (non-hydrogen) atoms. The Kier molecular flexibility index (Phi) is 5.35. The minimum atomic E-state index is 0.184. The van der Waals surface area contributed by atoms with Crippen LogP contribution in [0.25, 0.3) is 0 Å². The van der Waals surface area contributed by atoms with Gasteiger partial charge in [0.15, 0.2) is 0 Å². The standard InChI is InChI=1S/C9H12O/c1-3-4-5-6-7-8-9(2)10/h3-7H,1,8H2,2H3/b5-4+,7-6+. The van der Waals surface area contributed by atoms with Gasteiger partial charge in [-0.05, 0) is 6.92 Å². The topological polar surface area (TPSA) is 17.1 Å². The molecule has 0 aromatic carbocycles. The number of carbonyl (C=O) groups excluding carboxylic acids is 1. The molecule has 0 fully saturated rings. The molecule has 0 aliphatic heterocycles. The lowest BCUT2D eigenvalue weighted by atomic mass is 10.3. The Balaban J connectivity index is 3.46. The van der Waals surface area contributed by atoms with E-state index in [4.69, 9.17) is 0 Å². The van der Waals surface area contributed by atoms with Crippen molar-refractivity contribution in [3.63, 3.8) is 0 Å². The number of rotatable bonds is 4. The molecule has 1 heteroatoms. The highest BCUT2D eigenvalue weighted by atomic mass is 16.1. The Morgan fingerprint density at radius 3 is 2.60 bits per heavy atom. The second-order valence-corrected chi connectivity index (χ2v) is 1.95. The molecule has 0 unspecified atom stereocenters. The monoisotopic (exact) mass is 136 g/mol. The van der Waals surface area contributed by atoms with E-state index in [0.29, 0.717) is 6.42 Å². The normalized spacial score (nSPS) is 10.9.